The molecule has 1 aromatic rings. The number of hydrogen-bond donors (Lipinski definition) is 2. The fourth-order valence-corrected chi connectivity index (χ4v) is 1.99. The number of pyridine rings is 1. The molecule has 0 bridgehead atoms. The molecule has 100 valence electrons. The van der Waals surface area contributed by atoms with Crippen LogP contribution < -0.4 is 11.1 Å². The molecule has 0 aliphatic heterocycles. The lowest BCUT2D eigenvalue weighted by Gasteiger charge is -2.15. The maximum atomic E-state index is 11.9. The number of nitrogens with two attached hydrogens (primary N) is 1. The molecule has 1 amide bonds. The second-order valence-corrected chi connectivity index (χ2v) is 4.61. The second-order valence-electron chi connectivity index (χ2n) is 4.61. The van der Waals surface area contributed by atoms with E-state index >= 15 is 0 Å². The molecule has 4 nitrogen and oxygen atoms in total. The first kappa shape index (κ1) is 14.6. The molecule has 0 aliphatic rings. The Bertz CT molecular complexity index is 373. The van der Waals surface area contributed by atoms with Crippen molar-refractivity contribution in [1.82, 2.24) is 10.3 Å². The van der Waals surface area contributed by atoms with Crippen LogP contribution in [0.25, 0.3) is 0 Å². The van der Waals surface area contributed by atoms with Gasteiger partial charge in [-0.3, -0.25) is 4.79 Å². The summed E-state index contributed by atoms with van der Waals surface area (Å²) in [6.07, 6.45) is 3.16. The molecular weight excluding hydrogens is 226 g/mol. The number of amides is 1. The lowest BCUT2D eigenvalue weighted by Crippen LogP contribution is -2.31. The van der Waals surface area contributed by atoms with Gasteiger partial charge in [-0.2, -0.15) is 0 Å². The highest BCUT2D eigenvalue weighted by molar-refractivity contribution is 5.92. The van der Waals surface area contributed by atoms with E-state index in [2.05, 4.69) is 17.2 Å². The van der Waals surface area contributed by atoms with Crippen molar-refractivity contribution in [2.75, 3.05) is 13.1 Å². The quantitative estimate of drug-likeness (QED) is 0.775. The highest BCUT2D eigenvalue weighted by Crippen LogP contribution is 2.09. The van der Waals surface area contributed by atoms with E-state index in [4.69, 9.17) is 5.73 Å². The van der Waals surface area contributed by atoms with E-state index in [-0.39, 0.29) is 5.91 Å². The number of nitrogens with one attached hydrogen (secondary N) is 1. The van der Waals surface area contributed by atoms with Crippen molar-refractivity contribution in [3.8, 4) is 0 Å². The standard InChI is InChI=1S/C14H23N3O/c1-3-5-12(8-9-15)10-16-14(18)13-7-4-6-11(2)17-13/h4,6-7,12H,3,5,8-10,15H2,1-2H3,(H,16,18). The van der Waals surface area contributed by atoms with Gasteiger partial charge in [0.1, 0.15) is 5.69 Å². The van der Waals surface area contributed by atoms with Gasteiger partial charge >= 0.3 is 0 Å². The number of rotatable bonds is 7. The molecule has 0 radical (unpaired) electrons. The van der Waals surface area contributed by atoms with E-state index in [1.54, 1.807) is 6.07 Å². The Labute approximate surface area is 109 Å². The van der Waals surface area contributed by atoms with Gasteiger partial charge in [-0.05, 0) is 44.4 Å². The molecule has 0 spiro atoms. The van der Waals surface area contributed by atoms with Crippen molar-refractivity contribution in [3.63, 3.8) is 0 Å². The van der Waals surface area contributed by atoms with Crippen LogP contribution in [0.2, 0.25) is 0 Å². The minimum atomic E-state index is -0.100. The van der Waals surface area contributed by atoms with Crippen molar-refractivity contribution in [2.45, 2.75) is 33.1 Å². The monoisotopic (exact) mass is 249 g/mol. The van der Waals surface area contributed by atoms with Crippen molar-refractivity contribution >= 4 is 5.91 Å². The number of hydrogen-bond acceptors (Lipinski definition) is 3. The maximum absolute atomic E-state index is 11.9. The molecular formula is C14H23N3O. The molecule has 4 heteroatoms. The first-order chi connectivity index (χ1) is 8.67. The van der Waals surface area contributed by atoms with Gasteiger partial charge in [-0.15, -0.1) is 0 Å². The molecule has 3 N–H and O–H groups in total. The van der Waals surface area contributed by atoms with Gasteiger partial charge in [0.2, 0.25) is 0 Å². The average Bonchev–Trinajstić information content (AvgIpc) is 2.36. The lowest BCUT2D eigenvalue weighted by atomic mass is 10.00. The van der Waals surface area contributed by atoms with E-state index in [9.17, 15) is 4.79 Å². The van der Waals surface area contributed by atoms with Gasteiger partial charge in [-0.1, -0.05) is 19.4 Å². The van der Waals surface area contributed by atoms with Crippen molar-refractivity contribution in [2.24, 2.45) is 11.7 Å². The molecule has 1 rings (SSSR count). The fourth-order valence-electron chi connectivity index (χ4n) is 1.99. The van der Waals surface area contributed by atoms with Crippen LogP contribution in [0, 0.1) is 12.8 Å². The summed E-state index contributed by atoms with van der Waals surface area (Å²) < 4.78 is 0. The zero-order chi connectivity index (χ0) is 13.4. The van der Waals surface area contributed by atoms with Gasteiger partial charge < -0.3 is 11.1 Å². The number of carbonyl (C=O) groups excluding carboxylic acids is 1. The maximum Gasteiger partial charge on any atom is 0.269 e. The van der Waals surface area contributed by atoms with Crippen molar-refractivity contribution in [3.05, 3.63) is 29.6 Å². The smallest absolute Gasteiger partial charge is 0.269 e. The van der Waals surface area contributed by atoms with Crippen LogP contribution in [0.3, 0.4) is 0 Å². The van der Waals surface area contributed by atoms with E-state index in [0.29, 0.717) is 24.7 Å². The largest absolute Gasteiger partial charge is 0.350 e. The molecule has 1 heterocycles. The first-order valence-corrected chi connectivity index (χ1v) is 6.59. The summed E-state index contributed by atoms with van der Waals surface area (Å²) in [5.74, 6) is 0.366. The summed E-state index contributed by atoms with van der Waals surface area (Å²) in [5, 5.41) is 2.94. The Balaban J connectivity index is 2.49. The molecule has 0 aromatic carbocycles. The summed E-state index contributed by atoms with van der Waals surface area (Å²) in [5.41, 5.74) is 6.91. The number of aromatic nitrogens is 1. The van der Waals surface area contributed by atoms with Gasteiger partial charge in [0, 0.05) is 12.2 Å². The van der Waals surface area contributed by atoms with E-state index in [0.717, 1.165) is 25.0 Å². The highest BCUT2D eigenvalue weighted by Gasteiger charge is 2.11. The third kappa shape index (κ3) is 4.84. The molecule has 1 atom stereocenters. The van der Waals surface area contributed by atoms with Crippen LogP contribution in [0.15, 0.2) is 18.2 Å². The molecule has 0 fully saturated rings. The van der Waals surface area contributed by atoms with Crippen LogP contribution in [0.1, 0.15) is 42.4 Å². The lowest BCUT2D eigenvalue weighted by molar-refractivity contribution is 0.0940. The molecule has 1 unspecified atom stereocenters. The Kier molecular flexibility index (Phi) is 6.36. The van der Waals surface area contributed by atoms with Gasteiger partial charge in [-0.25, -0.2) is 4.98 Å². The molecule has 0 saturated heterocycles. The normalized spacial score (nSPS) is 12.2. The fraction of sp³-hybridized carbons (Fsp3) is 0.571. The zero-order valence-corrected chi connectivity index (χ0v) is 11.3. The van der Waals surface area contributed by atoms with Gasteiger partial charge in [0.15, 0.2) is 0 Å². The highest BCUT2D eigenvalue weighted by atomic mass is 16.1. The molecule has 18 heavy (non-hydrogen) atoms. The first-order valence-electron chi connectivity index (χ1n) is 6.59. The van der Waals surface area contributed by atoms with E-state index in [1.165, 1.54) is 0 Å². The topological polar surface area (TPSA) is 68.0 Å². The van der Waals surface area contributed by atoms with Crippen LogP contribution >= 0.6 is 0 Å². The van der Waals surface area contributed by atoms with Crippen molar-refractivity contribution in [1.29, 1.82) is 0 Å². The predicted molar refractivity (Wildman–Crippen MR) is 73.4 cm³/mol. The minimum absolute atomic E-state index is 0.100. The molecule has 1 aromatic heterocycles. The minimum Gasteiger partial charge on any atom is -0.350 e. The van der Waals surface area contributed by atoms with Crippen LogP contribution in [-0.2, 0) is 0 Å². The Morgan fingerprint density at radius 3 is 2.83 bits per heavy atom. The third-order valence-corrected chi connectivity index (χ3v) is 2.94. The average molecular weight is 249 g/mol. The van der Waals surface area contributed by atoms with E-state index in [1.807, 2.05) is 19.1 Å². The summed E-state index contributed by atoms with van der Waals surface area (Å²) in [6.45, 7) is 5.38. The number of nitrogens with zero attached hydrogens (tertiary/aromatic N) is 1. The van der Waals surface area contributed by atoms with Gasteiger partial charge in [0.25, 0.3) is 5.91 Å². The van der Waals surface area contributed by atoms with Crippen LogP contribution in [-0.4, -0.2) is 24.0 Å². The molecule has 0 aliphatic carbocycles. The Morgan fingerprint density at radius 2 is 2.22 bits per heavy atom. The second kappa shape index (κ2) is 7.82. The van der Waals surface area contributed by atoms with Crippen LogP contribution in [0.4, 0.5) is 0 Å². The van der Waals surface area contributed by atoms with Crippen LogP contribution in [0.5, 0.6) is 0 Å². The molecule has 0 saturated carbocycles. The van der Waals surface area contributed by atoms with E-state index < -0.39 is 0 Å². The Hall–Kier alpha value is -1.42. The number of aryl methyl sites for hydroxylation is 1. The van der Waals surface area contributed by atoms with Gasteiger partial charge in [0.05, 0.1) is 0 Å². The SMILES string of the molecule is CCCC(CCN)CNC(=O)c1cccc(C)n1. The predicted octanol–water partition coefficient (Wildman–Crippen LogP) is 1.88. The zero-order valence-electron chi connectivity index (χ0n) is 11.3. The Morgan fingerprint density at radius 1 is 1.44 bits per heavy atom. The summed E-state index contributed by atoms with van der Waals surface area (Å²) in [4.78, 5) is 16.1. The summed E-state index contributed by atoms with van der Waals surface area (Å²) in [7, 11) is 0. The van der Waals surface area contributed by atoms with Crippen molar-refractivity contribution < 1.29 is 4.79 Å². The third-order valence-electron chi connectivity index (χ3n) is 2.94. The number of carbonyl (C=O) groups is 1. The summed E-state index contributed by atoms with van der Waals surface area (Å²) in [6, 6.07) is 5.46. The summed E-state index contributed by atoms with van der Waals surface area (Å²) >= 11 is 0.